The molecule has 1 aliphatic carbocycles. The number of benzene rings is 1. The number of aryl methyl sites for hydroxylation is 1. The van der Waals surface area contributed by atoms with Crippen LogP contribution in [-0.2, 0) is 16.0 Å². The molecule has 3 aliphatic rings. The molecule has 0 radical (unpaired) electrons. The average Bonchev–Trinajstić information content (AvgIpc) is 3.07. The summed E-state index contributed by atoms with van der Waals surface area (Å²) in [4.78, 5) is 28.9. The van der Waals surface area contributed by atoms with Crippen molar-refractivity contribution in [2.24, 2.45) is 22.6 Å². The first-order valence-corrected chi connectivity index (χ1v) is 12.6. The van der Waals surface area contributed by atoms with Crippen molar-refractivity contribution in [2.45, 2.75) is 64.3 Å². The molecule has 7 heteroatoms. The number of primary amides is 1. The van der Waals surface area contributed by atoms with Gasteiger partial charge in [0.2, 0.25) is 5.91 Å². The van der Waals surface area contributed by atoms with Gasteiger partial charge in [-0.1, -0.05) is 49.9 Å². The van der Waals surface area contributed by atoms with Crippen LogP contribution in [-0.4, -0.2) is 40.6 Å². The predicted octanol–water partition coefficient (Wildman–Crippen LogP) is 3.83. The molecule has 172 valence electrons. The molecule has 1 aromatic rings. The largest absolute Gasteiger partial charge is 0.369 e. The van der Waals surface area contributed by atoms with E-state index in [1.807, 2.05) is 25.1 Å². The number of amidine groups is 1. The van der Waals surface area contributed by atoms with Crippen LogP contribution < -0.4 is 11.1 Å². The lowest BCUT2D eigenvalue weighted by molar-refractivity contribution is -0.125. The summed E-state index contributed by atoms with van der Waals surface area (Å²) in [6, 6.07) is 6.00. The van der Waals surface area contributed by atoms with Crippen molar-refractivity contribution >= 4 is 35.7 Å². The van der Waals surface area contributed by atoms with Crippen molar-refractivity contribution in [1.82, 2.24) is 9.62 Å². The van der Waals surface area contributed by atoms with Gasteiger partial charge in [-0.05, 0) is 66.7 Å². The first kappa shape index (κ1) is 23.1. The van der Waals surface area contributed by atoms with Crippen molar-refractivity contribution in [3.63, 3.8) is 0 Å². The zero-order valence-electron chi connectivity index (χ0n) is 19.1. The highest BCUT2D eigenvalue weighted by molar-refractivity contribution is 8.00. The molecular formula is C25H34N4O2S. The van der Waals surface area contributed by atoms with Gasteiger partial charge in [-0.2, -0.15) is 0 Å². The topological polar surface area (TPSA) is 87.8 Å². The predicted molar refractivity (Wildman–Crippen MR) is 131 cm³/mol. The normalized spacial score (nSPS) is 25.8. The Hall–Kier alpha value is -2.12. The van der Waals surface area contributed by atoms with Crippen LogP contribution in [0.3, 0.4) is 0 Å². The third-order valence-corrected chi connectivity index (χ3v) is 8.04. The molecule has 0 bridgehead atoms. The molecule has 2 amide bonds. The second-order valence-corrected chi connectivity index (χ2v) is 10.6. The van der Waals surface area contributed by atoms with Gasteiger partial charge in [0.1, 0.15) is 11.4 Å². The van der Waals surface area contributed by atoms with E-state index in [-0.39, 0.29) is 18.2 Å². The summed E-state index contributed by atoms with van der Waals surface area (Å²) in [5.74, 6) is 1.98. The summed E-state index contributed by atoms with van der Waals surface area (Å²) in [6.45, 7) is 6.05. The number of hydrogen-bond donors (Lipinski definition) is 2. The minimum absolute atomic E-state index is 0.109. The summed E-state index contributed by atoms with van der Waals surface area (Å²) in [5, 5.41) is 5.24. The number of aliphatic imine (C=N–C) groups is 1. The van der Waals surface area contributed by atoms with Crippen LogP contribution in [0, 0.1) is 18.8 Å². The molecule has 3 N–H and O–H groups in total. The lowest BCUT2D eigenvalue weighted by atomic mass is 9.82. The van der Waals surface area contributed by atoms with Crippen molar-refractivity contribution in [3.8, 4) is 0 Å². The number of carbonyl (C=O) groups excluding carboxylic acids is 2. The molecule has 6 nitrogen and oxygen atoms in total. The molecule has 2 fully saturated rings. The minimum atomic E-state index is -0.550. The Balaban J connectivity index is 1.30. The third kappa shape index (κ3) is 5.26. The summed E-state index contributed by atoms with van der Waals surface area (Å²) >= 11 is 1.69. The molecular weight excluding hydrogens is 420 g/mol. The number of hydrogen-bond acceptors (Lipinski definition) is 5. The fraction of sp³-hybridized carbons (Fsp3) is 0.560. The number of piperidine rings is 1. The number of amides is 2. The van der Waals surface area contributed by atoms with Crippen LogP contribution in [0.25, 0.3) is 6.08 Å². The average molecular weight is 455 g/mol. The van der Waals surface area contributed by atoms with E-state index >= 15 is 0 Å². The van der Waals surface area contributed by atoms with Gasteiger partial charge in [-0.3, -0.25) is 14.6 Å². The van der Waals surface area contributed by atoms with E-state index in [4.69, 9.17) is 10.7 Å². The Morgan fingerprint density at radius 2 is 2.00 bits per heavy atom. The monoisotopic (exact) mass is 454 g/mol. The molecule has 0 atom stereocenters. The number of nitrogens with one attached hydrogen (secondary N) is 1. The molecule has 1 saturated carbocycles. The maximum Gasteiger partial charge on any atom is 0.253 e. The second kappa shape index (κ2) is 9.79. The van der Waals surface area contributed by atoms with Crippen LogP contribution in [0.4, 0.5) is 0 Å². The Kier molecular flexibility index (Phi) is 7.05. The number of nitrogens with two attached hydrogens (primary N) is 1. The zero-order valence-corrected chi connectivity index (χ0v) is 19.9. The van der Waals surface area contributed by atoms with Crippen LogP contribution in [0.15, 0.2) is 28.6 Å². The maximum absolute atomic E-state index is 12.8. The van der Waals surface area contributed by atoms with E-state index in [1.165, 1.54) is 12.8 Å². The Morgan fingerprint density at radius 3 is 2.66 bits per heavy atom. The highest BCUT2D eigenvalue weighted by atomic mass is 32.2. The maximum atomic E-state index is 12.8. The molecule has 1 spiro atoms. The van der Waals surface area contributed by atoms with Gasteiger partial charge in [0, 0.05) is 19.0 Å². The third-order valence-electron chi connectivity index (χ3n) is 7.12. The van der Waals surface area contributed by atoms with Gasteiger partial charge in [0.15, 0.2) is 0 Å². The van der Waals surface area contributed by atoms with Crippen molar-refractivity contribution in [1.29, 1.82) is 0 Å². The molecule has 32 heavy (non-hydrogen) atoms. The lowest BCUT2D eigenvalue weighted by Crippen LogP contribution is -2.47. The zero-order chi connectivity index (χ0) is 22.7. The first-order chi connectivity index (χ1) is 15.3. The molecule has 1 aromatic carbocycles. The van der Waals surface area contributed by atoms with Crippen LogP contribution in [0.2, 0.25) is 0 Å². The van der Waals surface area contributed by atoms with Gasteiger partial charge in [-0.15, -0.1) is 0 Å². The van der Waals surface area contributed by atoms with Crippen molar-refractivity contribution in [2.75, 3.05) is 13.1 Å². The summed E-state index contributed by atoms with van der Waals surface area (Å²) in [6.07, 6.45) is 8.67. The van der Waals surface area contributed by atoms with E-state index in [9.17, 15) is 9.59 Å². The van der Waals surface area contributed by atoms with Gasteiger partial charge < -0.3 is 11.1 Å². The summed E-state index contributed by atoms with van der Waals surface area (Å²) in [7, 11) is 0. The van der Waals surface area contributed by atoms with E-state index in [1.54, 1.807) is 11.9 Å². The van der Waals surface area contributed by atoms with Crippen molar-refractivity contribution in [3.05, 3.63) is 40.3 Å². The highest BCUT2D eigenvalue weighted by Crippen LogP contribution is 2.36. The molecule has 0 unspecified atom stereocenters. The van der Waals surface area contributed by atoms with E-state index in [0.29, 0.717) is 5.92 Å². The number of carbonyl (C=O) groups is 2. The standard InChI is InChI=1S/C25H34N4O2S/c1-17-3-6-21(7-4-17)23-27-24(31)25(28-23)10-12-29(13-11-25)32-14-9-20-8-5-19(15-18(20)2)16-22(26)30/h5,8-9,14-15,17,21H,3-4,6-7,10-13,16H2,1-2H3,(H2,26,30)(H,27,28,31)/b14-9+. The second-order valence-electron chi connectivity index (χ2n) is 9.61. The fourth-order valence-electron chi connectivity index (χ4n) is 4.99. The van der Waals surface area contributed by atoms with Crippen molar-refractivity contribution < 1.29 is 9.59 Å². The molecule has 2 heterocycles. The number of rotatable bonds is 6. The quantitative estimate of drug-likeness (QED) is 0.640. The van der Waals surface area contributed by atoms with E-state index in [2.05, 4.69) is 28.0 Å². The van der Waals surface area contributed by atoms with Crippen LogP contribution >= 0.6 is 11.9 Å². The van der Waals surface area contributed by atoms with Gasteiger partial charge in [0.25, 0.3) is 5.91 Å². The summed E-state index contributed by atoms with van der Waals surface area (Å²) < 4.78 is 2.31. The SMILES string of the molecule is Cc1cc(CC(N)=O)ccc1/C=C/SN1CCC2(CC1)N=C(C1CCC(C)CC1)NC2=O. The van der Waals surface area contributed by atoms with Gasteiger partial charge in [-0.25, -0.2) is 4.31 Å². The summed E-state index contributed by atoms with van der Waals surface area (Å²) in [5.41, 5.74) is 7.93. The van der Waals surface area contributed by atoms with E-state index < -0.39 is 5.54 Å². The van der Waals surface area contributed by atoms with Crippen LogP contribution in [0.5, 0.6) is 0 Å². The fourth-order valence-corrected chi connectivity index (χ4v) is 5.77. The molecule has 4 rings (SSSR count). The lowest BCUT2D eigenvalue weighted by Gasteiger charge is -2.34. The highest BCUT2D eigenvalue weighted by Gasteiger charge is 2.47. The molecule has 0 aromatic heterocycles. The Morgan fingerprint density at radius 1 is 1.28 bits per heavy atom. The number of nitrogens with zero attached hydrogens (tertiary/aromatic N) is 2. The van der Waals surface area contributed by atoms with Gasteiger partial charge >= 0.3 is 0 Å². The van der Waals surface area contributed by atoms with E-state index in [0.717, 1.165) is 67.2 Å². The van der Waals surface area contributed by atoms with Gasteiger partial charge in [0.05, 0.1) is 6.42 Å². The minimum Gasteiger partial charge on any atom is -0.369 e. The molecule has 2 aliphatic heterocycles. The Bertz CT molecular complexity index is 926. The Labute approximate surface area is 195 Å². The first-order valence-electron chi connectivity index (χ1n) is 11.7. The smallest absolute Gasteiger partial charge is 0.253 e. The molecule has 1 saturated heterocycles. The van der Waals surface area contributed by atoms with Crippen LogP contribution in [0.1, 0.15) is 62.1 Å².